The smallest absolute Gasteiger partial charge is 0.251 e. The predicted molar refractivity (Wildman–Crippen MR) is 121 cm³/mol. The molecule has 4 rings (SSSR count). The zero-order valence-corrected chi connectivity index (χ0v) is 18.2. The molecule has 31 heavy (non-hydrogen) atoms. The number of benzene rings is 2. The van der Waals surface area contributed by atoms with E-state index in [9.17, 15) is 4.79 Å². The van der Waals surface area contributed by atoms with E-state index in [0.29, 0.717) is 24.5 Å². The van der Waals surface area contributed by atoms with Crippen LogP contribution in [0.2, 0.25) is 0 Å². The lowest BCUT2D eigenvalue weighted by molar-refractivity contribution is 0.0938. The summed E-state index contributed by atoms with van der Waals surface area (Å²) in [4.78, 5) is 17.4. The fraction of sp³-hybridized carbons (Fsp3) is 0.308. The molecule has 5 nitrogen and oxygen atoms in total. The third kappa shape index (κ3) is 5.30. The highest BCUT2D eigenvalue weighted by molar-refractivity contribution is 5.96. The van der Waals surface area contributed by atoms with Gasteiger partial charge in [0.15, 0.2) is 0 Å². The van der Waals surface area contributed by atoms with E-state index >= 15 is 0 Å². The molecular formula is C26H28N2O3. The fourth-order valence-corrected chi connectivity index (χ4v) is 3.61. The molecule has 2 atom stereocenters. The third-order valence-electron chi connectivity index (χ3n) is 5.53. The Morgan fingerprint density at radius 1 is 1.10 bits per heavy atom. The first-order valence-corrected chi connectivity index (χ1v) is 10.7. The maximum absolute atomic E-state index is 13.1. The van der Waals surface area contributed by atoms with Crippen molar-refractivity contribution in [1.82, 2.24) is 10.3 Å². The molecule has 2 unspecified atom stereocenters. The quantitative estimate of drug-likeness (QED) is 0.613. The summed E-state index contributed by atoms with van der Waals surface area (Å²) in [5.41, 5.74) is 5.67. The summed E-state index contributed by atoms with van der Waals surface area (Å²) in [6.45, 7) is 7.25. The summed E-state index contributed by atoms with van der Waals surface area (Å²) in [5.74, 6) is 0.540. The molecule has 1 aliphatic heterocycles. The number of nitrogens with zero attached hydrogens (tertiary/aromatic N) is 1. The van der Waals surface area contributed by atoms with Gasteiger partial charge in [-0.1, -0.05) is 35.9 Å². The normalized spacial score (nSPS) is 16.7. The summed E-state index contributed by atoms with van der Waals surface area (Å²) in [6, 6.07) is 17.8. The number of ether oxygens (including phenoxy) is 2. The van der Waals surface area contributed by atoms with E-state index in [4.69, 9.17) is 9.47 Å². The molecule has 1 aromatic heterocycles. The van der Waals surface area contributed by atoms with Crippen LogP contribution in [0, 0.1) is 13.8 Å². The molecule has 0 bridgehead atoms. The van der Waals surface area contributed by atoms with Gasteiger partial charge in [0, 0.05) is 23.9 Å². The van der Waals surface area contributed by atoms with Crippen molar-refractivity contribution in [2.45, 2.75) is 39.3 Å². The first-order chi connectivity index (χ1) is 15.0. The lowest BCUT2D eigenvalue weighted by Gasteiger charge is -2.17. The van der Waals surface area contributed by atoms with E-state index in [-0.39, 0.29) is 18.1 Å². The van der Waals surface area contributed by atoms with Crippen LogP contribution in [0.5, 0.6) is 5.75 Å². The Morgan fingerprint density at radius 3 is 2.58 bits per heavy atom. The van der Waals surface area contributed by atoms with Gasteiger partial charge in [-0.15, -0.1) is 0 Å². The maximum atomic E-state index is 13.1. The van der Waals surface area contributed by atoms with Crippen LogP contribution in [0.25, 0.3) is 11.1 Å². The van der Waals surface area contributed by atoms with Crippen molar-refractivity contribution in [2.24, 2.45) is 0 Å². The average molecular weight is 417 g/mol. The minimum absolute atomic E-state index is 0.0155. The van der Waals surface area contributed by atoms with Crippen LogP contribution >= 0.6 is 0 Å². The molecule has 1 saturated heterocycles. The van der Waals surface area contributed by atoms with Gasteiger partial charge in [-0.3, -0.25) is 9.78 Å². The number of hydrogen-bond acceptors (Lipinski definition) is 4. The van der Waals surface area contributed by atoms with E-state index in [1.54, 1.807) is 6.20 Å². The molecule has 0 radical (unpaired) electrons. The SMILES string of the molecule is Cc1ccc(-c2cc(OC3CCOC3)cc(C(=O)NC(C)c3ccc(C)nc3)c2)cc1. The molecule has 1 fully saturated rings. The Hall–Kier alpha value is -3.18. The summed E-state index contributed by atoms with van der Waals surface area (Å²) in [6.07, 6.45) is 2.67. The van der Waals surface area contributed by atoms with Crippen molar-refractivity contribution in [1.29, 1.82) is 0 Å². The van der Waals surface area contributed by atoms with Crippen LogP contribution in [0.4, 0.5) is 0 Å². The van der Waals surface area contributed by atoms with Crippen molar-refractivity contribution in [3.05, 3.63) is 83.2 Å². The third-order valence-corrected chi connectivity index (χ3v) is 5.53. The van der Waals surface area contributed by atoms with Crippen molar-refractivity contribution in [2.75, 3.05) is 13.2 Å². The molecule has 3 aromatic rings. The summed E-state index contributed by atoms with van der Waals surface area (Å²) in [7, 11) is 0. The topological polar surface area (TPSA) is 60.5 Å². The Kier molecular flexibility index (Phi) is 6.33. The van der Waals surface area contributed by atoms with Crippen LogP contribution in [0.3, 0.4) is 0 Å². The number of aromatic nitrogens is 1. The van der Waals surface area contributed by atoms with E-state index in [1.165, 1.54) is 5.56 Å². The Labute approximate surface area is 183 Å². The van der Waals surface area contributed by atoms with Crippen molar-refractivity contribution in [3.63, 3.8) is 0 Å². The van der Waals surface area contributed by atoms with Crippen LogP contribution in [-0.4, -0.2) is 30.2 Å². The number of pyridine rings is 1. The van der Waals surface area contributed by atoms with Crippen molar-refractivity contribution >= 4 is 5.91 Å². The number of nitrogens with one attached hydrogen (secondary N) is 1. The van der Waals surface area contributed by atoms with E-state index in [2.05, 4.69) is 41.5 Å². The summed E-state index contributed by atoms with van der Waals surface area (Å²) < 4.78 is 11.6. The zero-order valence-electron chi connectivity index (χ0n) is 18.2. The van der Waals surface area contributed by atoms with E-state index in [1.807, 2.05) is 44.2 Å². The lowest BCUT2D eigenvalue weighted by atomic mass is 10.0. The molecule has 1 N–H and O–H groups in total. The van der Waals surface area contributed by atoms with Crippen molar-refractivity contribution < 1.29 is 14.3 Å². The Morgan fingerprint density at radius 2 is 1.90 bits per heavy atom. The fourth-order valence-electron chi connectivity index (χ4n) is 3.61. The van der Waals surface area contributed by atoms with Gasteiger partial charge < -0.3 is 14.8 Å². The average Bonchev–Trinajstić information content (AvgIpc) is 3.27. The second kappa shape index (κ2) is 9.31. The molecule has 1 aliphatic rings. The minimum Gasteiger partial charge on any atom is -0.488 e. The second-order valence-corrected chi connectivity index (χ2v) is 8.14. The van der Waals surface area contributed by atoms with E-state index in [0.717, 1.165) is 28.8 Å². The summed E-state index contributed by atoms with van der Waals surface area (Å²) in [5, 5.41) is 3.08. The number of hydrogen-bond donors (Lipinski definition) is 1. The molecule has 5 heteroatoms. The van der Waals surface area contributed by atoms with Gasteiger partial charge in [-0.05, 0) is 61.7 Å². The minimum atomic E-state index is -0.156. The number of carbonyl (C=O) groups excluding carboxylic acids is 1. The predicted octanol–water partition coefficient (Wildman–Crippen LogP) is 5.02. The van der Waals surface area contributed by atoms with Crippen LogP contribution in [0.15, 0.2) is 60.8 Å². The number of aryl methyl sites for hydroxylation is 2. The van der Waals surface area contributed by atoms with Gasteiger partial charge >= 0.3 is 0 Å². The summed E-state index contributed by atoms with van der Waals surface area (Å²) >= 11 is 0. The monoisotopic (exact) mass is 416 g/mol. The van der Waals surface area contributed by atoms with Gasteiger partial charge in [0.05, 0.1) is 19.3 Å². The van der Waals surface area contributed by atoms with Crippen LogP contribution < -0.4 is 10.1 Å². The molecule has 1 amide bonds. The van der Waals surface area contributed by atoms with Gasteiger partial charge in [0.2, 0.25) is 0 Å². The van der Waals surface area contributed by atoms with E-state index < -0.39 is 0 Å². The molecule has 160 valence electrons. The Balaban J connectivity index is 1.61. The zero-order chi connectivity index (χ0) is 21.8. The molecule has 0 spiro atoms. The highest BCUT2D eigenvalue weighted by atomic mass is 16.5. The number of carbonyl (C=O) groups is 1. The Bertz CT molecular complexity index is 1040. The molecule has 0 saturated carbocycles. The highest BCUT2D eigenvalue weighted by Gasteiger charge is 2.19. The van der Waals surface area contributed by atoms with Gasteiger partial charge in [0.1, 0.15) is 11.9 Å². The first kappa shape index (κ1) is 21.1. The highest BCUT2D eigenvalue weighted by Crippen LogP contribution is 2.28. The molecule has 2 heterocycles. The molecular weight excluding hydrogens is 388 g/mol. The van der Waals surface area contributed by atoms with Gasteiger partial charge in [-0.2, -0.15) is 0 Å². The molecule has 0 aliphatic carbocycles. The van der Waals surface area contributed by atoms with Crippen molar-refractivity contribution in [3.8, 4) is 16.9 Å². The first-order valence-electron chi connectivity index (χ1n) is 10.7. The number of rotatable bonds is 6. The standard InChI is InChI=1S/C26H28N2O3/c1-17-4-7-20(8-5-17)22-12-23(14-25(13-22)31-24-10-11-30-16-24)26(29)28-19(3)21-9-6-18(2)27-15-21/h4-9,12-15,19,24H,10-11,16H2,1-3H3,(H,28,29). The largest absolute Gasteiger partial charge is 0.488 e. The van der Waals surface area contributed by atoms with Crippen LogP contribution in [0.1, 0.15) is 46.6 Å². The second-order valence-electron chi connectivity index (χ2n) is 8.14. The van der Waals surface area contributed by atoms with Gasteiger partial charge in [0.25, 0.3) is 5.91 Å². The number of amides is 1. The lowest BCUT2D eigenvalue weighted by Crippen LogP contribution is -2.27. The maximum Gasteiger partial charge on any atom is 0.251 e. The van der Waals surface area contributed by atoms with Crippen LogP contribution in [-0.2, 0) is 4.74 Å². The molecule has 2 aromatic carbocycles. The van der Waals surface area contributed by atoms with Gasteiger partial charge in [-0.25, -0.2) is 0 Å².